The van der Waals surface area contributed by atoms with E-state index in [2.05, 4.69) is 21.6 Å². The number of unbranched alkanes of at least 4 members (excludes halogenated alkanes) is 1. The van der Waals surface area contributed by atoms with Crippen LogP contribution in [0.4, 0.5) is 13.2 Å². The molecule has 0 amide bonds. The summed E-state index contributed by atoms with van der Waals surface area (Å²) in [6.45, 7) is 2.38. The topological polar surface area (TPSA) is 81.0 Å². The van der Waals surface area contributed by atoms with Gasteiger partial charge in [0.15, 0.2) is 5.82 Å². The highest BCUT2D eigenvalue weighted by atomic mass is 32.1. The van der Waals surface area contributed by atoms with Crippen molar-refractivity contribution in [2.75, 3.05) is 0 Å². The number of nitrogens with one attached hydrogen (secondary N) is 1. The molecule has 4 aromatic rings. The van der Waals surface area contributed by atoms with Crippen LogP contribution in [0.3, 0.4) is 0 Å². The van der Waals surface area contributed by atoms with E-state index >= 15 is 0 Å². The number of halogens is 3. The second-order valence-corrected chi connectivity index (χ2v) is 8.86. The lowest BCUT2D eigenvalue weighted by molar-refractivity contribution is -0.137. The van der Waals surface area contributed by atoms with Gasteiger partial charge in [0.1, 0.15) is 25.2 Å². The van der Waals surface area contributed by atoms with Crippen LogP contribution in [0.2, 0.25) is 0 Å². The Morgan fingerprint density at radius 2 is 1.94 bits per heavy atom. The molecule has 34 heavy (non-hydrogen) atoms. The Morgan fingerprint density at radius 1 is 1.18 bits per heavy atom. The highest BCUT2D eigenvalue weighted by Gasteiger charge is 2.30. The van der Waals surface area contributed by atoms with Crippen molar-refractivity contribution in [1.82, 2.24) is 15.1 Å². The van der Waals surface area contributed by atoms with Crippen molar-refractivity contribution in [3.63, 3.8) is 0 Å². The van der Waals surface area contributed by atoms with Crippen molar-refractivity contribution in [1.29, 1.82) is 0 Å². The number of rotatable bonds is 8. The fraction of sp³-hybridized carbons (Fsp3) is 0.261. The Kier molecular flexibility index (Phi) is 6.92. The number of benzene rings is 2. The molecule has 4 rings (SSSR count). The lowest BCUT2D eigenvalue weighted by Gasteiger charge is -2.09. The van der Waals surface area contributed by atoms with Crippen molar-refractivity contribution in [2.24, 2.45) is 0 Å². The van der Waals surface area contributed by atoms with Gasteiger partial charge in [-0.15, -0.1) is 11.3 Å². The third-order valence-electron chi connectivity index (χ3n) is 5.27. The Hall–Kier alpha value is -3.34. The van der Waals surface area contributed by atoms with Gasteiger partial charge in [0.2, 0.25) is 0 Å². The first-order chi connectivity index (χ1) is 16.2. The summed E-state index contributed by atoms with van der Waals surface area (Å²) in [6, 6.07) is 10.5. The first-order valence-corrected chi connectivity index (χ1v) is 11.5. The zero-order chi connectivity index (χ0) is 24.3. The third kappa shape index (κ3) is 5.41. The highest BCUT2D eigenvalue weighted by Crippen LogP contribution is 2.34. The first-order valence-electron chi connectivity index (χ1n) is 10.7. The Bertz CT molecular complexity index is 1330. The Labute approximate surface area is 198 Å². The maximum absolute atomic E-state index is 12.9. The minimum atomic E-state index is -4.37. The summed E-state index contributed by atoms with van der Waals surface area (Å²) in [5, 5.41) is 4.37. The predicted octanol–water partition coefficient (Wildman–Crippen LogP) is 4.35. The summed E-state index contributed by atoms with van der Waals surface area (Å²) in [5.41, 5.74) is 2.43. The van der Waals surface area contributed by atoms with Crippen LogP contribution in [0, 0.1) is 0 Å². The number of thiazole rings is 1. The number of hydrogen-bond acceptors (Lipinski definition) is 6. The average Bonchev–Trinajstić information content (AvgIpc) is 3.42. The largest absolute Gasteiger partial charge is 0.488 e. The molecule has 0 saturated heterocycles. The van der Waals surface area contributed by atoms with Crippen LogP contribution < -0.4 is 16.0 Å². The highest BCUT2D eigenvalue weighted by molar-refractivity contribution is 7.15. The van der Waals surface area contributed by atoms with Crippen molar-refractivity contribution >= 4 is 24.6 Å². The van der Waals surface area contributed by atoms with Gasteiger partial charge in [-0.05, 0) is 43.2 Å². The van der Waals surface area contributed by atoms with Crippen LogP contribution in [0.15, 0.2) is 51.8 Å². The smallest absolute Gasteiger partial charge is 0.439 e. The van der Waals surface area contributed by atoms with E-state index in [1.807, 2.05) is 13.9 Å². The first kappa shape index (κ1) is 23.8. The van der Waals surface area contributed by atoms with Crippen molar-refractivity contribution in [3.05, 3.63) is 69.1 Å². The van der Waals surface area contributed by atoms with E-state index in [0.29, 0.717) is 22.1 Å². The molecule has 6 nitrogen and oxygen atoms in total. The molecule has 2 heterocycles. The Morgan fingerprint density at radius 3 is 2.56 bits per heavy atom. The number of alkyl halides is 3. The van der Waals surface area contributed by atoms with E-state index in [-0.39, 0.29) is 6.61 Å². The van der Waals surface area contributed by atoms with Gasteiger partial charge in [0.05, 0.1) is 16.1 Å². The molecular formula is C23H21BF3N3O3S. The third-order valence-corrected chi connectivity index (χ3v) is 6.39. The molecule has 0 atom stereocenters. The number of ether oxygens (including phenoxy) is 1. The minimum absolute atomic E-state index is 0.289. The molecule has 1 N–H and O–H groups in total. The van der Waals surface area contributed by atoms with Gasteiger partial charge < -0.3 is 4.74 Å². The molecule has 0 fully saturated rings. The molecule has 0 saturated carbocycles. The molecule has 0 radical (unpaired) electrons. The van der Waals surface area contributed by atoms with Crippen LogP contribution >= 0.6 is 11.3 Å². The van der Waals surface area contributed by atoms with Crippen molar-refractivity contribution in [2.45, 2.75) is 39.0 Å². The summed E-state index contributed by atoms with van der Waals surface area (Å²) in [6.07, 6.45) is -1.65. The van der Waals surface area contributed by atoms with Gasteiger partial charge in [0.25, 0.3) is 0 Å². The van der Waals surface area contributed by atoms with Crippen LogP contribution in [0.5, 0.6) is 5.75 Å². The number of aromatic amines is 1. The molecule has 0 unspecified atom stereocenters. The molecule has 11 heteroatoms. The maximum atomic E-state index is 12.9. The van der Waals surface area contributed by atoms with E-state index < -0.39 is 17.5 Å². The van der Waals surface area contributed by atoms with Crippen molar-refractivity contribution in [3.8, 4) is 27.7 Å². The molecule has 176 valence electrons. The van der Waals surface area contributed by atoms with Gasteiger partial charge in [-0.25, -0.2) is 9.78 Å². The summed E-state index contributed by atoms with van der Waals surface area (Å²) >= 11 is 1.42. The summed E-state index contributed by atoms with van der Waals surface area (Å²) < 4.78 is 49.2. The number of H-pyrrole nitrogens is 1. The molecule has 0 aliphatic carbocycles. The minimum Gasteiger partial charge on any atom is -0.488 e. The second kappa shape index (κ2) is 9.88. The van der Waals surface area contributed by atoms with E-state index in [9.17, 15) is 18.0 Å². The molecule has 2 aromatic carbocycles. The molecule has 0 aliphatic heterocycles. The quantitative estimate of drug-likeness (QED) is 0.374. The number of aromatic nitrogens is 3. The van der Waals surface area contributed by atoms with Crippen molar-refractivity contribution < 1.29 is 22.4 Å². The van der Waals surface area contributed by atoms with Gasteiger partial charge in [-0.2, -0.15) is 13.2 Å². The van der Waals surface area contributed by atoms with Crippen LogP contribution in [0.25, 0.3) is 22.0 Å². The van der Waals surface area contributed by atoms with Gasteiger partial charge in [-0.3, -0.25) is 9.51 Å². The summed E-state index contributed by atoms with van der Waals surface area (Å²) in [7, 11) is 1.87. The van der Waals surface area contributed by atoms with Gasteiger partial charge in [0, 0.05) is 11.1 Å². The molecule has 0 spiro atoms. The predicted molar refractivity (Wildman–Crippen MR) is 126 cm³/mol. The standard InChI is InChI=1S/C23H21BF3N3O3S/c1-2-3-4-18-19(34-21(28-18)13-5-7-14(8-6-13)23(25,26)27)12-32-15-9-10-16(17(24)11-15)20-29-22(31)33-30-20/h5-11H,2-4,12,24H2,1H3,(H,29,30,31). The monoisotopic (exact) mass is 487 g/mol. The zero-order valence-electron chi connectivity index (χ0n) is 18.5. The van der Waals surface area contributed by atoms with Gasteiger partial charge in [-0.1, -0.05) is 36.1 Å². The van der Waals surface area contributed by atoms with E-state index in [0.717, 1.165) is 53.0 Å². The lowest BCUT2D eigenvalue weighted by Crippen LogP contribution is -2.09. The molecule has 2 aromatic heterocycles. The maximum Gasteiger partial charge on any atom is 0.439 e. The van der Waals surface area contributed by atoms with Crippen LogP contribution in [-0.4, -0.2) is 23.0 Å². The fourth-order valence-electron chi connectivity index (χ4n) is 3.45. The van der Waals surface area contributed by atoms with Crippen LogP contribution in [-0.2, 0) is 19.2 Å². The normalized spacial score (nSPS) is 11.6. The molecule has 0 bridgehead atoms. The van der Waals surface area contributed by atoms with E-state index in [1.165, 1.54) is 23.5 Å². The number of aryl methyl sites for hydroxylation is 1. The summed E-state index contributed by atoms with van der Waals surface area (Å²) in [5.74, 6) is 0.362. The molecule has 0 aliphatic rings. The lowest BCUT2D eigenvalue weighted by atomic mass is 9.90. The SMILES string of the molecule is Bc1cc(OCc2sc(-c3ccc(C(F)(F)F)cc3)nc2CCCC)ccc1-c1noc(=O)[nH]1. The zero-order valence-corrected chi connectivity index (χ0v) is 19.3. The average molecular weight is 487 g/mol. The number of nitrogens with zero attached hydrogens (tertiary/aromatic N) is 2. The number of hydrogen-bond donors (Lipinski definition) is 1. The molecular weight excluding hydrogens is 466 g/mol. The van der Waals surface area contributed by atoms with Crippen LogP contribution in [0.1, 0.15) is 35.9 Å². The summed E-state index contributed by atoms with van der Waals surface area (Å²) in [4.78, 5) is 19.4. The van der Waals surface area contributed by atoms with E-state index in [4.69, 9.17) is 9.72 Å². The van der Waals surface area contributed by atoms with E-state index in [1.54, 1.807) is 12.1 Å². The second-order valence-electron chi connectivity index (χ2n) is 7.78. The fourth-order valence-corrected chi connectivity index (χ4v) is 4.47. The Balaban J connectivity index is 1.53. The van der Waals surface area contributed by atoms with Gasteiger partial charge >= 0.3 is 11.9 Å².